The summed E-state index contributed by atoms with van der Waals surface area (Å²) < 4.78 is 0. The van der Waals surface area contributed by atoms with Gasteiger partial charge in [0.2, 0.25) is 0 Å². The average molecular weight is 406 g/mol. The van der Waals surface area contributed by atoms with Crippen LogP contribution in [0.5, 0.6) is 0 Å². The minimum absolute atomic E-state index is 0.338. The fraction of sp³-hybridized carbons (Fsp3) is 0.696. The molecule has 0 saturated carbocycles. The van der Waals surface area contributed by atoms with E-state index in [0.29, 0.717) is 12.2 Å². The molecule has 2 aliphatic heterocycles. The number of carbonyl (C=O) groups excluding carboxylic acids is 1. The number of piperazine rings is 1. The maximum absolute atomic E-state index is 13.1. The van der Waals surface area contributed by atoms with E-state index in [1.807, 2.05) is 18.2 Å². The van der Waals surface area contributed by atoms with E-state index in [1.165, 1.54) is 39.1 Å². The van der Waals surface area contributed by atoms with Crippen molar-refractivity contribution >= 4 is 17.4 Å². The predicted octanol–water partition coefficient (Wildman–Crippen LogP) is 3.68. The fourth-order valence-electron chi connectivity index (χ4n) is 4.73. The molecular weight excluding hydrogens is 370 g/mol. The van der Waals surface area contributed by atoms with E-state index in [9.17, 15) is 4.79 Å². The van der Waals surface area contributed by atoms with Gasteiger partial charge in [-0.3, -0.25) is 4.79 Å². The van der Waals surface area contributed by atoms with Crippen molar-refractivity contribution in [2.75, 3.05) is 59.4 Å². The number of benzene rings is 1. The van der Waals surface area contributed by atoms with Crippen LogP contribution in [0, 0.1) is 0 Å². The minimum atomic E-state index is -0.338. The Bertz CT molecular complexity index is 634. The van der Waals surface area contributed by atoms with Crippen LogP contribution in [0.4, 0.5) is 0 Å². The third-order valence-corrected chi connectivity index (χ3v) is 6.88. The lowest BCUT2D eigenvalue weighted by molar-refractivity contribution is -0.126. The molecular formula is C23H36ClN3O. The van der Waals surface area contributed by atoms with Gasteiger partial charge in [0.1, 0.15) is 5.78 Å². The summed E-state index contributed by atoms with van der Waals surface area (Å²) in [6.07, 6.45) is 4.63. The number of Topliss-reactive ketones (excluding diaryl/α,β-unsaturated/α-hetero) is 1. The van der Waals surface area contributed by atoms with Gasteiger partial charge in [-0.1, -0.05) is 30.7 Å². The summed E-state index contributed by atoms with van der Waals surface area (Å²) in [5.74, 6) is 0.398. The van der Waals surface area contributed by atoms with Crippen molar-refractivity contribution in [1.82, 2.24) is 14.7 Å². The molecule has 4 nitrogen and oxygen atoms in total. The molecule has 0 atom stereocenters. The highest BCUT2D eigenvalue weighted by Crippen LogP contribution is 2.38. The van der Waals surface area contributed by atoms with Crippen molar-refractivity contribution in [3.8, 4) is 0 Å². The zero-order valence-corrected chi connectivity index (χ0v) is 18.4. The molecule has 28 heavy (non-hydrogen) atoms. The van der Waals surface area contributed by atoms with Crippen molar-refractivity contribution in [1.29, 1.82) is 0 Å². The molecule has 2 fully saturated rings. The number of ketones is 1. The normalized spacial score (nSPS) is 21.7. The van der Waals surface area contributed by atoms with Crippen molar-refractivity contribution in [3.05, 3.63) is 34.9 Å². The largest absolute Gasteiger partial charge is 0.304 e. The van der Waals surface area contributed by atoms with Gasteiger partial charge in [-0.2, -0.15) is 0 Å². The lowest BCUT2D eigenvalue weighted by atomic mass is 9.68. The molecule has 156 valence electrons. The number of hydrogen-bond donors (Lipinski definition) is 0. The predicted molar refractivity (Wildman–Crippen MR) is 117 cm³/mol. The molecule has 2 aliphatic rings. The number of likely N-dealkylation sites (N-methyl/N-ethyl adjacent to an activating group) is 1. The van der Waals surface area contributed by atoms with Gasteiger partial charge in [-0.25, -0.2) is 0 Å². The smallest absolute Gasteiger partial charge is 0.143 e. The van der Waals surface area contributed by atoms with Gasteiger partial charge in [0.25, 0.3) is 0 Å². The van der Waals surface area contributed by atoms with Crippen molar-refractivity contribution < 1.29 is 4.79 Å². The van der Waals surface area contributed by atoms with Gasteiger partial charge < -0.3 is 14.7 Å². The summed E-state index contributed by atoms with van der Waals surface area (Å²) in [6, 6.07) is 8.00. The number of rotatable bonds is 8. The monoisotopic (exact) mass is 405 g/mol. The molecule has 0 unspecified atom stereocenters. The molecule has 0 aliphatic carbocycles. The number of likely N-dealkylation sites (tertiary alicyclic amines) is 1. The SMILES string of the molecule is CCCC(=O)C1(c2cccc(Cl)c2)CCN(CCCN2CCN(C)CC2)CC1. The quantitative estimate of drug-likeness (QED) is 0.659. The third-order valence-electron chi connectivity index (χ3n) is 6.64. The molecule has 0 spiro atoms. The molecule has 1 aromatic rings. The maximum Gasteiger partial charge on any atom is 0.143 e. The van der Waals surface area contributed by atoms with Gasteiger partial charge in [-0.05, 0) is 76.6 Å². The molecule has 0 bridgehead atoms. The highest BCUT2D eigenvalue weighted by Gasteiger charge is 2.41. The molecule has 0 N–H and O–H groups in total. The first-order valence-electron chi connectivity index (χ1n) is 11.0. The van der Waals surface area contributed by atoms with Crippen molar-refractivity contribution in [3.63, 3.8) is 0 Å². The summed E-state index contributed by atoms with van der Waals surface area (Å²) >= 11 is 6.26. The minimum Gasteiger partial charge on any atom is -0.304 e. The molecule has 0 amide bonds. The van der Waals surface area contributed by atoms with Crippen LogP contribution in [0.1, 0.15) is 44.6 Å². The highest BCUT2D eigenvalue weighted by molar-refractivity contribution is 6.30. The van der Waals surface area contributed by atoms with E-state index >= 15 is 0 Å². The summed E-state index contributed by atoms with van der Waals surface area (Å²) in [5.41, 5.74) is 0.782. The Morgan fingerprint density at radius 2 is 1.68 bits per heavy atom. The van der Waals surface area contributed by atoms with Crippen molar-refractivity contribution in [2.45, 2.75) is 44.4 Å². The summed E-state index contributed by atoms with van der Waals surface area (Å²) in [7, 11) is 2.21. The van der Waals surface area contributed by atoms with Gasteiger partial charge in [0.15, 0.2) is 0 Å². The second-order valence-electron chi connectivity index (χ2n) is 8.61. The highest BCUT2D eigenvalue weighted by atomic mass is 35.5. The van der Waals surface area contributed by atoms with E-state index in [-0.39, 0.29) is 5.41 Å². The number of halogens is 1. The summed E-state index contributed by atoms with van der Waals surface area (Å²) in [5, 5.41) is 0.732. The fourth-order valence-corrected chi connectivity index (χ4v) is 4.92. The zero-order chi connectivity index (χ0) is 20.0. The van der Waals surface area contributed by atoms with Crippen LogP contribution in [0.25, 0.3) is 0 Å². The van der Waals surface area contributed by atoms with Crippen LogP contribution in [0.15, 0.2) is 24.3 Å². The molecule has 0 aromatic heterocycles. The van der Waals surface area contributed by atoms with Gasteiger partial charge >= 0.3 is 0 Å². The van der Waals surface area contributed by atoms with E-state index < -0.39 is 0 Å². The third kappa shape index (κ3) is 5.35. The van der Waals surface area contributed by atoms with Gasteiger partial charge in [-0.15, -0.1) is 0 Å². The van der Waals surface area contributed by atoms with E-state index in [4.69, 9.17) is 11.6 Å². The number of nitrogens with zero attached hydrogens (tertiary/aromatic N) is 3. The second-order valence-corrected chi connectivity index (χ2v) is 9.04. The molecule has 2 saturated heterocycles. The Morgan fingerprint density at radius 3 is 2.29 bits per heavy atom. The Morgan fingerprint density at radius 1 is 1.04 bits per heavy atom. The molecule has 3 rings (SSSR count). The average Bonchev–Trinajstić information content (AvgIpc) is 2.70. The van der Waals surface area contributed by atoms with Gasteiger partial charge in [0.05, 0.1) is 5.41 Å². The van der Waals surface area contributed by atoms with Crippen LogP contribution in [-0.2, 0) is 10.2 Å². The Hall–Kier alpha value is -0.940. The van der Waals surface area contributed by atoms with E-state index in [0.717, 1.165) is 49.5 Å². The standard InChI is InChI=1S/C23H36ClN3O/c1-3-6-22(28)23(20-7-4-8-21(24)19-20)9-13-26(14-10-23)11-5-12-27-17-15-25(2)16-18-27/h4,7-8,19H,3,5-6,9-18H2,1-2H3. The molecule has 0 radical (unpaired) electrons. The first kappa shape index (κ1) is 21.8. The maximum atomic E-state index is 13.1. The van der Waals surface area contributed by atoms with Crippen molar-refractivity contribution in [2.24, 2.45) is 0 Å². The van der Waals surface area contributed by atoms with Crippen LogP contribution >= 0.6 is 11.6 Å². The second kappa shape index (κ2) is 10.2. The van der Waals surface area contributed by atoms with Crippen LogP contribution < -0.4 is 0 Å². The van der Waals surface area contributed by atoms with Crippen LogP contribution in [0.2, 0.25) is 5.02 Å². The molecule has 1 aromatic carbocycles. The number of piperidine rings is 1. The zero-order valence-electron chi connectivity index (χ0n) is 17.6. The Labute approximate surface area is 175 Å². The molecule has 5 heteroatoms. The first-order valence-corrected chi connectivity index (χ1v) is 11.3. The van der Waals surface area contributed by atoms with E-state index in [1.54, 1.807) is 0 Å². The lowest BCUT2D eigenvalue weighted by Gasteiger charge is -2.41. The first-order chi connectivity index (χ1) is 13.5. The summed E-state index contributed by atoms with van der Waals surface area (Å²) in [4.78, 5) is 20.7. The van der Waals surface area contributed by atoms with Crippen LogP contribution in [-0.4, -0.2) is 79.9 Å². The Balaban J connectivity index is 1.54. The summed E-state index contributed by atoms with van der Waals surface area (Å²) in [6.45, 7) is 11.2. The molecule has 2 heterocycles. The van der Waals surface area contributed by atoms with Crippen LogP contribution in [0.3, 0.4) is 0 Å². The number of hydrogen-bond acceptors (Lipinski definition) is 4. The number of carbonyl (C=O) groups is 1. The van der Waals surface area contributed by atoms with E-state index in [2.05, 4.69) is 34.7 Å². The van der Waals surface area contributed by atoms with Gasteiger partial charge in [0, 0.05) is 37.6 Å². The Kier molecular flexibility index (Phi) is 7.93. The lowest BCUT2D eigenvalue weighted by Crippen LogP contribution is -2.48. The topological polar surface area (TPSA) is 26.8 Å².